The monoisotopic (exact) mass is 278 g/mol. The zero-order chi connectivity index (χ0) is 15.2. The van der Waals surface area contributed by atoms with Crippen molar-refractivity contribution in [3.05, 3.63) is 29.8 Å². The number of hydrogen-bond acceptors (Lipinski definition) is 3. The third-order valence-electron chi connectivity index (χ3n) is 3.67. The van der Waals surface area contributed by atoms with Gasteiger partial charge in [0.05, 0.1) is 6.61 Å². The maximum absolute atomic E-state index is 9.65. The summed E-state index contributed by atoms with van der Waals surface area (Å²) in [6.07, 6.45) is 0.920. The molecular weight excluding hydrogens is 248 g/mol. The van der Waals surface area contributed by atoms with E-state index in [2.05, 4.69) is 69.1 Å². The zero-order valence-corrected chi connectivity index (χ0v) is 13.6. The minimum Gasteiger partial charge on any atom is -0.394 e. The number of benzene rings is 1. The molecule has 1 atom stereocenters. The zero-order valence-electron chi connectivity index (χ0n) is 13.6. The van der Waals surface area contributed by atoms with Crippen molar-refractivity contribution in [2.45, 2.75) is 52.6 Å². The summed E-state index contributed by atoms with van der Waals surface area (Å²) in [5, 5.41) is 13.1. The van der Waals surface area contributed by atoms with E-state index in [0.717, 1.165) is 19.5 Å². The van der Waals surface area contributed by atoms with Crippen LogP contribution in [0, 0.1) is 6.92 Å². The first-order chi connectivity index (χ1) is 9.40. The Bertz CT molecular complexity index is 406. The molecule has 0 aromatic heterocycles. The second kappa shape index (κ2) is 7.65. The van der Waals surface area contributed by atoms with Gasteiger partial charge < -0.3 is 15.3 Å². The average Bonchev–Trinajstić information content (AvgIpc) is 2.39. The molecule has 0 bridgehead atoms. The number of aryl methyl sites for hydroxylation is 1. The first-order valence-corrected chi connectivity index (χ1v) is 7.60. The molecular formula is C17H30N2O. The fourth-order valence-electron chi connectivity index (χ4n) is 2.57. The number of nitrogens with one attached hydrogen (secondary N) is 1. The summed E-state index contributed by atoms with van der Waals surface area (Å²) in [7, 11) is 0. The van der Waals surface area contributed by atoms with Gasteiger partial charge in [-0.25, -0.2) is 0 Å². The summed E-state index contributed by atoms with van der Waals surface area (Å²) in [6.45, 7) is 12.7. The first kappa shape index (κ1) is 17.0. The molecule has 3 heteroatoms. The van der Waals surface area contributed by atoms with Crippen LogP contribution in [0.4, 0.5) is 5.69 Å². The molecule has 0 amide bonds. The largest absolute Gasteiger partial charge is 0.394 e. The van der Waals surface area contributed by atoms with Gasteiger partial charge >= 0.3 is 0 Å². The molecule has 0 saturated heterocycles. The summed E-state index contributed by atoms with van der Waals surface area (Å²) in [4.78, 5) is 2.36. The van der Waals surface area contributed by atoms with Crippen LogP contribution in [-0.2, 0) is 0 Å². The van der Waals surface area contributed by atoms with Crippen LogP contribution >= 0.6 is 0 Å². The van der Waals surface area contributed by atoms with Crippen LogP contribution in [0.2, 0.25) is 0 Å². The highest BCUT2D eigenvalue weighted by Gasteiger charge is 2.24. The molecule has 2 N–H and O–H groups in total. The number of aliphatic hydroxyl groups is 1. The van der Waals surface area contributed by atoms with Crippen molar-refractivity contribution in [1.82, 2.24) is 5.32 Å². The van der Waals surface area contributed by atoms with Gasteiger partial charge in [-0.3, -0.25) is 0 Å². The molecule has 1 unspecified atom stereocenters. The van der Waals surface area contributed by atoms with Crippen molar-refractivity contribution in [2.24, 2.45) is 0 Å². The second-order valence-electron chi connectivity index (χ2n) is 6.19. The van der Waals surface area contributed by atoms with E-state index in [-0.39, 0.29) is 12.1 Å². The van der Waals surface area contributed by atoms with Gasteiger partial charge in [-0.15, -0.1) is 0 Å². The smallest absolute Gasteiger partial charge is 0.0611 e. The van der Waals surface area contributed by atoms with Gasteiger partial charge in [0.25, 0.3) is 0 Å². The normalized spacial score (nSPS) is 14.3. The van der Waals surface area contributed by atoms with Gasteiger partial charge in [0.2, 0.25) is 0 Å². The summed E-state index contributed by atoms with van der Waals surface area (Å²) < 4.78 is 0. The Morgan fingerprint density at radius 2 is 2.05 bits per heavy atom. The van der Waals surface area contributed by atoms with E-state index in [1.165, 1.54) is 11.3 Å². The number of nitrogens with zero attached hydrogens (tertiary/aromatic N) is 1. The molecule has 0 heterocycles. The van der Waals surface area contributed by atoms with Crippen LogP contribution in [0.1, 0.15) is 39.7 Å². The minimum absolute atomic E-state index is 0.163. The maximum atomic E-state index is 9.65. The molecule has 0 saturated carbocycles. The molecule has 1 aromatic rings. The molecule has 1 aromatic carbocycles. The molecule has 0 aliphatic heterocycles. The number of anilines is 1. The lowest BCUT2D eigenvalue weighted by molar-refractivity contribution is 0.158. The molecule has 1 rings (SSSR count). The molecule has 0 aliphatic rings. The molecule has 0 spiro atoms. The number of aliphatic hydroxyl groups excluding tert-OH is 1. The SMILES string of the molecule is CCN(CCC(C)(CO)NC(C)C)c1cccc(C)c1. The van der Waals surface area contributed by atoms with Crippen LogP contribution in [0.15, 0.2) is 24.3 Å². The lowest BCUT2D eigenvalue weighted by atomic mass is 9.97. The minimum atomic E-state index is -0.217. The Hall–Kier alpha value is -1.06. The molecule has 0 aliphatic carbocycles. The first-order valence-electron chi connectivity index (χ1n) is 7.60. The lowest BCUT2D eigenvalue weighted by Gasteiger charge is -2.34. The molecule has 114 valence electrons. The highest BCUT2D eigenvalue weighted by atomic mass is 16.3. The summed E-state index contributed by atoms with van der Waals surface area (Å²) in [5.74, 6) is 0. The standard InChI is InChI=1S/C17H30N2O/c1-6-19(16-9-7-8-15(4)12-16)11-10-17(5,13-20)18-14(2)3/h7-9,12,14,18,20H,6,10-11,13H2,1-5H3. The van der Waals surface area contributed by atoms with Crippen molar-refractivity contribution in [1.29, 1.82) is 0 Å². The average molecular weight is 278 g/mol. The molecule has 0 fully saturated rings. The van der Waals surface area contributed by atoms with Gasteiger partial charge in [0.15, 0.2) is 0 Å². The van der Waals surface area contributed by atoms with Crippen LogP contribution in [0.5, 0.6) is 0 Å². The van der Waals surface area contributed by atoms with Gasteiger partial charge in [-0.1, -0.05) is 26.0 Å². The molecule has 20 heavy (non-hydrogen) atoms. The summed E-state index contributed by atoms with van der Waals surface area (Å²) in [6, 6.07) is 8.97. The maximum Gasteiger partial charge on any atom is 0.0611 e. The topological polar surface area (TPSA) is 35.5 Å². The van der Waals surface area contributed by atoms with Crippen molar-refractivity contribution >= 4 is 5.69 Å². The Morgan fingerprint density at radius 3 is 2.55 bits per heavy atom. The van der Waals surface area contributed by atoms with Gasteiger partial charge in [0.1, 0.15) is 0 Å². The van der Waals surface area contributed by atoms with Crippen LogP contribution in [0.25, 0.3) is 0 Å². The van der Waals surface area contributed by atoms with Crippen LogP contribution < -0.4 is 10.2 Å². The third kappa shape index (κ3) is 5.14. The predicted octanol–water partition coefficient (Wildman–Crippen LogP) is 2.96. The highest BCUT2D eigenvalue weighted by Crippen LogP contribution is 2.18. The Labute approximate surface area is 124 Å². The van der Waals surface area contributed by atoms with E-state index < -0.39 is 0 Å². The molecule has 0 radical (unpaired) electrons. The Morgan fingerprint density at radius 1 is 1.35 bits per heavy atom. The van der Waals surface area contributed by atoms with Crippen molar-refractivity contribution < 1.29 is 5.11 Å². The summed E-state index contributed by atoms with van der Waals surface area (Å²) >= 11 is 0. The fourth-order valence-corrected chi connectivity index (χ4v) is 2.57. The van der Waals surface area contributed by atoms with E-state index in [1.54, 1.807) is 0 Å². The second-order valence-corrected chi connectivity index (χ2v) is 6.19. The number of rotatable bonds is 8. The van der Waals surface area contributed by atoms with Gasteiger partial charge in [0, 0.05) is 30.4 Å². The van der Waals surface area contributed by atoms with Crippen LogP contribution in [0.3, 0.4) is 0 Å². The fraction of sp³-hybridized carbons (Fsp3) is 0.647. The van der Waals surface area contributed by atoms with Crippen LogP contribution in [-0.4, -0.2) is 36.4 Å². The molecule has 3 nitrogen and oxygen atoms in total. The highest BCUT2D eigenvalue weighted by molar-refractivity contribution is 5.48. The Kier molecular flexibility index (Phi) is 6.50. The summed E-state index contributed by atoms with van der Waals surface area (Å²) in [5.41, 5.74) is 2.33. The Balaban J connectivity index is 2.69. The van der Waals surface area contributed by atoms with E-state index in [4.69, 9.17) is 0 Å². The predicted molar refractivity (Wildman–Crippen MR) is 87.4 cm³/mol. The van der Waals surface area contributed by atoms with Crippen molar-refractivity contribution in [3.63, 3.8) is 0 Å². The van der Waals surface area contributed by atoms with Crippen molar-refractivity contribution in [3.8, 4) is 0 Å². The van der Waals surface area contributed by atoms with Gasteiger partial charge in [-0.2, -0.15) is 0 Å². The van der Waals surface area contributed by atoms with E-state index in [1.807, 2.05) is 0 Å². The van der Waals surface area contributed by atoms with Crippen molar-refractivity contribution in [2.75, 3.05) is 24.6 Å². The van der Waals surface area contributed by atoms with E-state index in [0.29, 0.717) is 6.04 Å². The quantitative estimate of drug-likeness (QED) is 0.767. The van der Waals surface area contributed by atoms with E-state index >= 15 is 0 Å². The lowest BCUT2D eigenvalue weighted by Crippen LogP contribution is -2.51. The van der Waals surface area contributed by atoms with E-state index in [9.17, 15) is 5.11 Å². The van der Waals surface area contributed by atoms with Gasteiger partial charge in [-0.05, 0) is 44.9 Å². The third-order valence-corrected chi connectivity index (χ3v) is 3.67. The number of hydrogen-bond donors (Lipinski definition) is 2.